The van der Waals surface area contributed by atoms with Gasteiger partial charge in [-0.25, -0.2) is 9.37 Å². The topological polar surface area (TPSA) is 63.1 Å². The molecule has 8 aliphatic carbocycles. The minimum Gasteiger partial charge on any atom is -0.357 e. The molecule has 4 bridgehead atoms. The predicted molar refractivity (Wildman–Crippen MR) is 175 cm³/mol. The van der Waals surface area contributed by atoms with Crippen LogP contribution >= 0.6 is 11.8 Å². The molecule has 0 saturated heterocycles. The Morgan fingerprint density at radius 1 is 1.02 bits per heavy atom. The van der Waals surface area contributed by atoms with Crippen LogP contribution in [0.1, 0.15) is 101 Å². The Bertz CT molecular complexity index is 1700. The number of nitrogens with one attached hydrogen (secondary N) is 1. The normalized spacial score (nSPS) is 35.7. The van der Waals surface area contributed by atoms with Gasteiger partial charge in [-0.15, -0.1) is 0 Å². The molecule has 0 spiro atoms. The van der Waals surface area contributed by atoms with Crippen molar-refractivity contribution in [3.63, 3.8) is 0 Å². The number of halogens is 1. The van der Waals surface area contributed by atoms with Crippen LogP contribution < -0.4 is 10.2 Å². The molecule has 3 aromatic rings. The summed E-state index contributed by atoms with van der Waals surface area (Å²) in [6, 6.07) is 13.2. The van der Waals surface area contributed by atoms with Crippen LogP contribution in [-0.2, 0) is 17.3 Å². The SMILES string of the molecule is Cn1nc(C23CCC(CN(C(=O)C45CC(F)(C4)C5)c4cccc(-c5cnc6c(c5)SC(C5CC5)N6)c4)(CC2)CC3)cc1C1CC1. The van der Waals surface area contributed by atoms with E-state index in [4.69, 9.17) is 10.1 Å². The standard InChI is InChI=1S/C37H42FN5OS/c1-42-28(23-5-6-23)17-30(41-42)35-12-9-34(10-13-35,11-14-35)22-43(33(44)36-19-37(38,20-36)21-36)27-4-2-3-25(15-27)26-16-29-31(39-18-26)40-32(45-29)24-7-8-24/h2-4,15-18,23-24,32H,5-14,19-22H2,1H3,(H,39,40). The number of aryl methyl sites for hydroxylation is 1. The summed E-state index contributed by atoms with van der Waals surface area (Å²) in [5, 5.41) is 9.11. The van der Waals surface area contributed by atoms with Crippen LogP contribution in [0.5, 0.6) is 0 Å². The van der Waals surface area contributed by atoms with Crippen LogP contribution in [0, 0.1) is 16.7 Å². The smallest absolute Gasteiger partial charge is 0.233 e. The van der Waals surface area contributed by atoms with Gasteiger partial charge in [0.2, 0.25) is 5.91 Å². The van der Waals surface area contributed by atoms with E-state index in [9.17, 15) is 9.18 Å². The number of amides is 1. The number of nitrogens with zero attached hydrogens (tertiary/aromatic N) is 4. The molecule has 0 radical (unpaired) electrons. The number of aromatic nitrogens is 3. The quantitative estimate of drug-likeness (QED) is 0.275. The van der Waals surface area contributed by atoms with E-state index in [0.717, 1.165) is 73.6 Å². The highest BCUT2D eigenvalue weighted by Crippen LogP contribution is 2.70. The summed E-state index contributed by atoms with van der Waals surface area (Å²) in [4.78, 5) is 22.5. The van der Waals surface area contributed by atoms with E-state index >= 15 is 0 Å². The van der Waals surface area contributed by atoms with Gasteiger partial charge in [0.25, 0.3) is 0 Å². The second-order valence-corrected chi connectivity index (χ2v) is 17.3. The number of anilines is 2. The number of benzene rings is 1. The fourth-order valence-corrected chi connectivity index (χ4v) is 11.1. The molecular formula is C37H42FN5OS. The van der Waals surface area contributed by atoms with Crippen molar-refractivity contribution in [2.75, 3.05) is 16.8 Å². The van der Waals surface area contributed by atoms with Crippen LogP contribution in [-0.4, -0.2) is 38.3 Å². The van der Waals surface area contributed by atoms with Crippen molar-refractivity contribution in [1.29, 1.82) is 0 Å². The maximum atomic E-state index is 14.7. The average Bonchev–Trinajstić information content (AvgIpc) is 3.97. The molecule has 1 N–H and O–H groups in total. The van der Waals surface area contributed by atoms with Gasteiger partial charge in [0.05, 0.1) is 21.4 Å². The number of pyridine rings is 1. The average molecular weight is 624 g/mol. The lowest BCUT2D eigenvalue weighted by Crippen LogP contribution is -2.71. The molecule has 8 heteroatoms. The van der Waals surface area contributed by atoms with Gasteiger partial charge >= 0.3 is 0 Å². The number of hydrogen-bond acceptors (Lipinski definition) is 5. The number of rotatable bonds is 8. The second-order valence-electron chi connectivity index (χ2n) is 16.1. The summed E-state index contributed by atoms with van der Waals surface area (Å²) in [6.07, 6.45) is 15.1. The molecule has 6 nitrogen and oxygen atoms in total. The lowest BCUT2D eigenvalue weighted by Gasteiger charge is -2.65. The Labute approximate surface area is 268 Å². The molecule has 8 fully saturated rings. The lowest BCUT2D eigenvalue weighted by atomic mass is 9.41. The zero-order valence-electron chi connectivity index (χ0n) is 26.2. The van der Waals surface area contributed by atoms with E-state index in [2.05, 4.69) is 58.3 Å². The van der Waals surface area contributed by atoms with Crippen molar-refractivity contribution >= 4 is 29.2 Å². The van der Waals surface area contributed by atoms with Gasteiger partial charge in [-0.2, -0.15) is 5.10 Å². The third-order valence-corrected chi connectivity index (χ3v) is 14.3. The van der Waals surface area contributed by atoms with Crippen molar-refractivity contribution in [1.82, 2.24) is 14.8 Å². The third kappa shape index (κ3) is 4.22. The van der Waals surface area contributed by atoms with E-state index in [0.29, 0.717) is 30.6 Å². The Morgan fingerprint density at radius 3 is 2.47 bits per heavy atom. The minimum absolute atomic E-state index is 0.105. The fourth-order valence-electron chi connectivity index (χ4n) is 9.75. The Kier molecular flexibility index (Phi) is 5.54. The summed E-state index contributed by atoms with van der Waals surface area (Å²) < 4.78 is 16.9. The Balaban J connectivity index is 0.932. The summed E-state index contributed by atoms with van der Waals surface area (Å²) in [5.74, 6) is 2.60. The van der Waals surface area contributed by atoms with Gasteiger partial charge in [-0.05, 0) is 125 Å². The Hall–Kier alpha value is -2.87. The predicted octanol–water partition coefficient (Wildman–Crippen LogP) is 8.13. The first-order valence-electron chi connectivity index (χ1n) is 17.3. The van der Waals surface area contributed by atoms with E-state index < -0.39 is 11.1 Å². The zero-order valence-corrected chi connectivity index (χ0v) is 27.0. The minimum atomic E-state index is -1.10. The van der Waals surface area contributed by atoms with Crippen molar-refractivity contribution in [2.45, 2.75) is 111 Å². The number of fused-ring (bicyclic) bond motifs is 4. The zero-order chi connectivity index (χ0) is 30.2. The number of carbonyl (C=O) groups excluding carboxylic acids is 1. The van der Waals surface area contributed by atoms with Crippen LogP contribution in [0.15, 0.2) is 47.5 Å². The van der Waals surface area contributed by atoms with Gasteiger partial charge in [0.15, 0.2) is 0 Å². The second kappa shape index (κ2) is 9.14. The molecule has 1 amide bonds. The third-order valence-electron chi connectivity index (χ3n) is 12.9. The summed E-state index contributed by atoms with van der Waals surface area (Å²) in [6.45, 7) is 0.729. The molecule has 1 unspecified atom stereocenters. The lowest BCUT2D eigenvalue weighted by molar-refractivity contribution is -0.211. The molecule has 1 aliphatic heterocycles. The molecule has 234 valence electrons. The van der Waals surface area contributed by atoms with Gasteiger partial charge in [-0.1, -0.05) is 23.9 Å². The highest BCUT2D eigenvalue weighted by atomic mass is 32.2. The number of thioether (sulfide) groups is 1. The summed E-state index contributed by atoms with van der Waals surface area (Å²) in [7, 11) is 2.12. The van der Waals surface area contributed by atoms with Crippen LogP contribution in [0.2, 0.25) is 0 Å². The molecule has 1 aromatic carbocycles. The first-order chi connectivity index (χ1) is 21.7. The van der Waals surface area contributed by atoms with Crippen molar-refractivity contribution < 1.29 is 9.18 Å². The molecule has 9 aliphatic rings. The molecule has 12 rings (SSSR count). The highest BCUT2D eigenvalue weighted by Gasteiger charge is 2.73. The van der Waals surface area contributed by atoms with E-state index in [1.54, 1.807) is 0 Å². The van der Waals surface area contributed by atoms with Crippen LogP contribution in [0.25, 0.3) is 11.1 Å². The van der Waals surface area contributed by atoms with E-state index in [1.807, 2.05) is 18.0 Å². The van der Waals surface area contributed by atoms with Crippen LogP contribution in [0.3, 0.4) is 0 Å². The van der Waals surface area contributed by atoms with E-state index in [-0.39, 0.29) is 16.7 Å². The Morgan fingerprint density at radius 2 is 1.78 bits per heavy atom. The number of carbonyl (C=O) groups is 1. The molecule has 8 saturated carbocycles. The molecule has 2 aromatic heterocycles. The van der Waals surface area contributed by atoms with Crippen molar-refractivity contribution in [3.8, 4) is 11.1 Å². The van der Waals surface area contributed by atoms with Gasteiger partial charge in [0.1, 0.15) is 11.5 Å². The van der Waals surface area contributed by atoms with E-state index in [1.165, 1.54) is 42.0 Å². The fraction of sp³-hybridized carbons (Fsp3) is 0.595. The first kappa shape index (κ1) is 27.3. The van der Waals surface area contributed by atoms with Crippen LogP contribution in [0.4, 0.5) is 15.9 Å². The summed E-state index contributed by atoms with van der Waals surface area (Å²) >= 11 is 1.90. The maximum Gasteiger partial charge on any atom is 0.233 e. The summed E-state index contributed by atoms with van der Waals surface area (Å²) in [5.41, 5.74) is 4.53. The van der Waals surface area contributed by atoms with Gasteiger partial charge in [0, 0.05) is 48.1 Å². The number of alkyl halides is 1. The van der Waals surface area contributed by atoms with Gasteiger partial charge < -0.3 is 10.2 Å². The monoisotopic (exact) mass is 623 g/mol. The molecular weight excluding hydrogens is 582 g/mol. The molecule has 45 heavy (non-hydrogen) atoms. The van der Waals surface area contributed by atoms with Gasteiger partial charge in [-0.3, -0.25) is 9.48 Å². The molecule has 3 heterocycles. The highest BCUT2D eigenvalue weighted by molar-refractivity contribution is 8.00. The first-order valence-corrected chi connectivity index (χ1v) is 18.2. The largest absolute Gasteiger partial charge is 0.357 e. The maximum absolute atomic E-state index is 14.7. The number of hydrogen-bond donors (Lipinski definition) is 1. The van der Waals surface area contributed by atoms with Crippen molar-refractivity contribution in [2.24, 2.45) is 23.8 Å². The van der Waals surface area contributed by atoms with Crippen molar-refractivity contribution in [3.05, 3.63) is 54.0 Å². The molecule has 1 atom stereocenters.